The Labute approximate surface area is 80.3 Å². The molecule has 0 radical (unpaired) electrons. The lowest BCUT2D eigenvalue weighted by Crippen LogP contribution is -1.88. The normalized spacial score (nSPS) is 10.3. The van der Waals surface area contributed by atoms with Gasteiger partial charge in [0, 0.05) is 0 Å². The fourth-order valence-corrected chi connectivity index (χ4v) is 1.44. The fraction of sp³-hybridized carbons (Fsp3) is 0.111. The van der Waals surface area contributed by atoms with Gasteiger partial charge < -0.3 is 4.74 Å². The number of rotatable bonds is 1. The summed E-state index contributed by atoms with van der Waals surface area (Å²) >= 11 is 5.91. The van der Waals surface area contributed by atoms with Gasteiger partial charge in [-0.25, -0.2) is 9.97 Å². The number of fused-ring (bicyclic) bond motifs is 1. The van der Waals surface area contributed by atoms with Gasteiger partial charge in [-0.05, 0) is 12.1 Å². The summed E-state index contributed by atoms with van der Waals surface area (Å²) in [5, 5.41) is 1.18. The molecule has 0 fully saturated rings. The number of benzene rings is 1. The minimum atomic E-state index is 0.419. The van der Waals surface area contributed by atoms with Crippen LogP contribution in [0.1, 0.15) is 0 Å². The molecule has 0 aliphatic carbocycles. The van der Waals surface area contributed by atoms with Crippen molar-refractivity contribution < 1.29 is 4.74 Å². The van der Waals surface area contributed by atoms with Gasteiger partial charge in [0.05, 0.1) is 18.0 Å². The average Bonchev–Trinajstić information content (AvgIpc) is 2.17. The van der Waals surface area contributed by atoms with E-state index in [9.17, 15) is 0 Å². The van der Waals surface area contributed by atoms with E-state index >= 15 is 0 Å². The van der Waals surface area contributed by atoms with E-state index in [1.807, 2.05) is 18.2 Å². The molecule has 0 spiro atoms. The van der Waals surface area contributed by atoms with Crippen LogP contribution in [0.5, 0.6) is 5.75 Å². The largest absolute Gasteiger partial charge is 0.496 e. The van der Waals surface area contributed by atoms with Gasteiger partial charge in [-0.2, -0.15) is 0 Å². The summed E-state index contributed by atoms with van der Waals surface area (Å²) in [6, 6.07) is 5.56. The molecule has 2 aromatic rings. The van der Waals surface area contributed by atoms with Crippen LogP contribution < -0.4 is 4.74 Å². The van der Waals surface area contributed by atoms with Crippen LogP contribution in [0, 0.1) is 0 Å². The Hall–Kier alpha value is -1.35. The third-order valence-electron chi connectivity index (χ3n) is 1.80. The van der Waals surface area contributed by atoms with Crippen molar-refractivity contribution in [2.75, 3.05) is 7.11 Å². The molecule has 2 rings (SSSR count). The van der Waals surface area contributed by atoms with Crippen molar-refractivity contribution in [1.82, 2.24) is 9.97 Å². The first-order valence-corrected chi connectivity index (χ1v) is 4.14. The first-order chi connectivity index (χ1) is 6.33. The zero-order chi connectivity index (χ0) is 9.26. The minimum Gasteiger partial charge on any atom is -0.496 e. The van der Waals surface area contributed by atoms with Gasteiger partial charge >= 0.3 is 0 Å². The summed E-state index contributed by atoms with van der Waals surface area (Å²) in [5.74, 6) is 0.697. The Morgan fingerprint density at radius 3 is 2.92 bits per heavy atom. The van der Waals surface area contributed by atoms with Gasteiger partial charge in [-0.15, -0.1) is 0 Å². The Balaban J connectivity index is 2.87. The maximum Gasteiger partial charge on any atom is 0.144 e. The Morgan fingerprint density at radius 1 is 1.31 bits per heavy atom. The third-order valence-corrected chi connectivity index (χ3v) is 2.08. The molecule has 0 saturated carbocycles. The number of aromatic nitrogens is 2. The van der Waals surface area contributed by atoms with Crippen molar-refractivity contribution >= 4 is 22.5 Å². The molecule has 0 unspecified atom stereocenters. The van der Waals surface area contributed by atoms with E-state index in [0.29, 0.717) is 10.9 Å². The lowest BCUT2D eigenvalue weighted by molar-refractivity contribution is 0.419. The van der Waals surface area contributed by atoms with E-state index in [4.69, 9.17) is 16.3 Å². The number of hydrogen-bond acceptors (Lipinski definition) is 3. The smallest absolute Gasteiger partial charge is 0.144 e. The van der Waals surface area contributed by atoms with Gasteiger partial charge in [-0.1, -0.05) is 17.7 Å². The molecule has 66 valence electrons. The number of methoxy groups -OCH3 is 1. The highest BCUT2D eigenvalue weighted by Gasteiger charge is 2.05. The van der Waals surface area contributed by atoms with Crippen molar-refractivity contribution in [3.63, 3.8) is 0 Å². The molecule has 0 saturated heterocycles. The standard InChI is InChI=1S/C9H7ClN2O/c1-13-7-4-2-3-6-8(7)9(10)12-5-11-6/h2-5H,1H3. The molecule has 0 atom stereocenters. The van der Waals surface area contributed by atoms with Crippen LogP contribution in [0.15, 0.2) is 24.5 Å². The molecule has 0 bridgehead atoms. The van der Waals surface area contributed by atoms with Crippen LogP contribution in [0.25, 0.3) is 10.9 Å². The molecule has 1 aromatic heterocycles. The lowest BCUT2D eigenvalue weighted by atomic mass is 10.2. The summed E-state index contributed by atoms with van der Waals surface area (Å²) in [6.07, 6.45) is 1.43. The Kier molecular flexibility index (Phi) is 2.02. The highest BCUT2D eigenvalue weighted by molar-refractivity contribution is 6.34. The van der Waals surface area contributed by atoms with Crippen LogP contribution in [-0.2, 0) is 0 Å². The van der Waals surface area contributed by atoms with Crippen molar-refractivity contribution in [2.45, 2.75) is 0 Å². The molecule has 4 heteroatoms. The van der Waals surface area contributed by atoms with Crippen molar-refractivity contribution in [3.8, 4) is 5.75 Å². The highest BCUT2D eigenvalue weighted by Crippen LogP contribution is 2.28. The summed E-state index contributed by atoms with van der Waals surface area (Å²) in [4.78, 5) is 7.97. The second-order valence-electron chi connectivity index (χ2n) is 2.52. The number of halogens is 1. The van der Waals surface area contributed by atoms with E-state index in [2.05, 4.69) is 9.97 Å². The second-order valence-corrected chi connectivity index (χ2v) is 2.88. The quantitative estimate of drug-likeness (QED) is 0.654. The molecule has 0 N–H and O–H groups in total. The number of nitrogens with zero attached hydrogens (tertiary/aromatic N) is 2. The maximum atomic E-state index is 5.91. The molecule has 13 heavy (non-hydrogen) atoms. The topological polar surface area (TPSA) is 35.0 Å². The van der Waals surface area contributed by atoms with Crippen molar-refractivity contribution in [2.24, 2.45) is 0 Å². The summed E-state index contributed by atoms with van der Waals surface area (Å²) in [6.45, 7) is 0. The average molecular weight is 195 g/mol. The second kappa shape index (κ2) is 3.18. The molecule has 3 nitrogen and oxygen atoms in total. The Bertz CT molecular complexity index is 439. The first kappa shape index (κ1) is 8.26. The summed E-state index contributed by atoms with van der Waals surface area (Å²) < 4.78 is 5.14. The zero-order valence-corrected chi connectivity index (χ0v) is 7.75. The SMILES string of the molecule is COc1cccc2ncnc(Cl)c12. The molecule has 0 aliphatic rings. The van der Waals surface area contributed by atoms with Gasteiger partial charge in [0.25, 0.3) is 0 Å². The van der Waals surface area contributed by atoms with Gasteiger partial charge in [0.15, 0.2) is 0 Å². The molecule has 1 heterocycles. The van der Waals surface area contributed by atoms with Crippen LogP contribution in [0.3, 0.4) is 0 Å². The van der Waals surface area contributed by atoms with Crippen LogP contribution >= 0.6 is 11.6 Å². The highest BCUT2D eigenvalue weighted by atomic mass is 35.5. The van der Waals surface area contributed by atoms with Gasteiger partial charge in [-0.3, -0.25) is 0 Å². The zero-order valence-electron chi connectivity index (χ0n) is 6.99. The predicted molar refractivity (Wildman–Crippen MR) is 51.1 cm³/mol. The summed E-state index contributed by atoms with van der Waals surface area (Å²) in [5.41, 5.74) is 0.791. The van der Waals surface area contributed by atoms with E-state index in [1.54, 1.807) is 7.11 Å². The van der Waals surface area contributed by atoms with Crippen molar-refractivity contribution in [3.05, 3.63) is 29.7 Å². The van der Waals surface area contributed by atoms with E-state index in [0.717, 1.165) is 10.9 Å². The van der Waals surface area contributed by atoms with E-state index in [-0.39, 0.29) is 0 Å². The lowest BCUT2D eigenvalue weighted by Gasteiger charge is -2.04. The molecule has 0 aliphatic heterocycles. The third kappa shape index (κ3) is 1.31. The van der Waals surface area contributed by atoms with Crippen molar-refractivity contribution in [1.29, 1.82) is 0 Å². The number of ether oxygens (including phenoxy) is 1. The first-order valence-electron chi connectivity index (χ1n) is 3.76. The van der Waals surface area contributed by atoms with E-state index in [1.165, 1.54) is 6.33 Å². The Morgan fingerprint density at radius 2 is 2.15 bits per heavy atom. The molecular formula is C9H7ClN2O. The predicted octanol–water partition coefficient (Wildman–Crippen LogP) is 2.29. The maximum absolute atomic E-state index is 5.91. The van der Waals surface area contributed by atoms with E-state index < -0.39 is 0 Å². The fourth-order valence-electron chi connectivity index (χ4n) is 1.21. The van der Waals surface area contributed by atoms with Gasteiger partial charge in [0.2, 0.25) is 0 Å². The molecule has 0 amide bonds. The number of hydrogen-bond donors (Lipinski definition) is 0. The minimum absolute atomic E-state index is 0.419. The van der Waals surface area contributed by atoms with Crippen LogP contribution in [0.4, 0.5) is 0 Å². The van der Waals surface area contributed by atoms with Crippen LogP contribution in [-0.4, -0.2) is 17.1 Å². The summed E-state index contributed by atoms with van der Waals surface area (Å²) in [7, 11) is 1.60. The molecule has 1 aromatic carbocycles. The van der Waals surface area contributed by atoms with Gasteiger partial charge in [0.1, 0.15) is 17.2 Å². The van der Waals surface area contributed by atoms with Crippen LogP contribution in [0.2, 0.25) is 5.15 Å². The monoisotopic (exact) mass is 194 g/mol. The molecular weight excluding hydrogens is 188 g/mol.